The molecule has 0 bridgehead atoms. The summed E-state index contributed by atoms with van der Waals surface area (Å²) in [4.78, 5) is 23.4. The Balaban J connectivity index is 1.52. The van der Waals surface area contributed by atoms with Crippen LogP contribution in [-0.4, -0.2) is 18.4 Å². The second-order valence-corrected chi connectivity index (χ2v) is 6.40. The molecule has 0 unspecified atom stereocenters. The Morgan fingerprint density at radius 1 is 0.828 bits per heavy atom. The molecule has 0 aliphatic carbocycles. The molecule has 6 heteroatoms. The Kier molecular flexibility index (Phi) is 6.84. The highest BCUT2D eigenvalue weighted by Gasteiger charge is 2.07. The third kappa shape index (κ3) is 6.39. The van der Waals surface area contributed by atoms with Gasteiger partial charge in [0, 0.05) is 31.3 Å². The van der Waals surface area contributed by atoms with Crippen molar-refractivity contribution in [2.75, 3.05) is 22.5 Å². The number of carbonyl (C=O) groups excluding carboxylic acids is 2. The summed E-state index contributed by atoms with van der Waals surface area (Å²) in [5.41, 5.74) is 2.09. The first-order valence-corrected chi connectivity index (χ1v) is 9.33. The van der Waals surface area contributed by atoms with Gasteiger partial charge in [0.15, 0.2) is 5.75 Å². The highest BCUT2D eigenvalue weighted by molar-refractivity contribution is 5.93. The van der Waals surface area contributed by atoms with Gasteiger partial charge >= 0.3 is 0 Å². The molecule has 0 aromatic heterocycles. The summed E-state index contributed by atoms with van der Waals surface area (Å²) in [5.74, 6) is 1.16. The fourth-order valence-corrected chi connectivity index (χ4v) is 2.73. The van der Waals surface area contributed by atoms with Crippen LogP contribution in [-0.2, 0) is 9.59 Å². The van der Waals surface area contributed by atoms with Crippen molar-refractivity contribution in [2.24, 2.45) is 0 Å². The van der Waals surface area contributed by atoms with Crippen molar-refractivity contribution < 1.29 is 14.3 Å². The molecule has 3 N–H and O–H groups in total. The number of amides is 2. The van der Waals surface area contributed by atoms with Gasteiger partial charge in [-0.2, -0.15) is 0 Å². The maximum Gasteiger partial charge on any atom is 0.226 e. The molecule has 0 spiro atoms. The average molecular weight is 389 g/mol. The van der Waals surface area contributed by atoms with Gasteiger partial charge in [0.2, 0.25) is 11.8 Å². The summed E-state index contributed by atoms with van der Waals surface area (Å²) in [6.07, 6.45) is 0.282. The predicted molar refractivity (Wildman–Crippen MR) is 115 cm³/mol. The van der Waals surface area contributed by atoms with Crippen molar-refractivity contribution in [2.45, 2.75) is 13.3 Å². The zero-order valence-corrected chi connectivity index (χ0v) is 16.1. The van der Waals surface area contributed by atoms with E-state index < -0.39 is 0 Å². The molecule has 0 radical (unpaired) electrons. The maximum atomic E-state index is 12.2. The first-order chi connectivity index (χ1) is 14.1. The first-order valence-electron chi connectivity index (χ1n) is 9.33. The monoisotopic (exact) mass is 389 g/mol. The van der Waals surface area contributed by atoms with E-state index >= 15 is 0 Å². The second kappa shape index (κ2) is 9.94. The molecule has 0 aliphatic rings. The van der Waals surface area contributed by atoms with Crippen molar-refractivity contribution in [1.29, 1.82) is 0 Å². The lowest BCUT2D eigenvalue weighted by molar-refractivity contribution is -0.116. The van der Waals surface area contributed by atoms with Gasteiger partial charge in [-0.05, 0) is 42.5 Å². The summed E-state index contributed by atoms with van der Waals surface area (Å²) in [7, 11) is 0. The van der Waals surface area contributed by atoms with Crippen molar-refractivity contribution in [3.8, 4) is 11.5 Å². The number of nitrogens with one attached hydrogen (secondary N) is 3. The Bertz CT molecular complexity index is 974. The van der Waals surface area contributed by atoms with E-state index in [9.17, 15) is 9.59 Å². The summed E-state index contributed by atoms with van der Waals surface area (Å²) >= 11 is 0. The van der Waals surface area contributed by atoms with Gasteiger partial charge in [0.25, 0.3) is 0 Å². The SMILES string of the molecule is CC(=O)Nc1cccc(NC(=O)CCNc2ccccc2Oc2ccccc2)c1. The van der Waals surface area contributed by atoms with Crippen molar-refractivity contribution in [3.63, 3.8) is 0 Å². The number of carbonyl (C=O) groups is 2. The van der Waals surface area contributed by atoms with E-state index in [0.29, 0.717) is 23.7 Å². The minimum absolute atomic E-state index is 0.126. The number of rotatable bonds is 8. The Morgan fingerprint density at radius 3 is 2.28 bits per heavy atom. The lowest BCUT2D eigenvalue weighted by atomic mass is 10.2. The average Bonchev–Trinajstić information content (AvgIpc) is 2.70. The van der Waals surface area contributed by atoms with Gasteiger partial charge in [-0.15, -0.1) is 0 Å². The molecule has 0 saturated heterocycles. The lowest BCUT2D eigenvalue weighted by Crippen LogP contribution is -2.16. The fourth-order valence-electron chi connectivity index (χ4n) is 2.73. The van der Waals surface area contributed by atoms with E-state index in [1.807, 2.05) is 54.6 Å². The van der Waals surface area contributed by atoms with Crippen LogP contribution in [0.4, 0.5) is 17.1 Å². The molecule has 3 rings (SSSR count). The van der Waals surface area contributed by atoms with Crippen LogP contribution in [0.2, 0.25) is 0 Å². The first kappa shape index (κ1) is 19.9. The lowest BCUT2D eigenvalue weighted by Gasteiger charge is -2.13. The van der Waals surface area contributed by atoms with Gasteiger partial charge in [-0.3, -0.25) is 9.59 Å². The third-order valence-corrected chi connectivity index (χ3v) is 3.99. The maximum absolute atomic E-state index is 12.2. The summed E-state index contributed by atoms with van der Waals surface area (Å²) in [5, 5.41) is 8.77. The number of ether oxygens (including phenoxy) is 1. The molecule has 0 atom stereocenters. The Hall–Kier alpha value is -3.80. The summed E-state index contributed by atoms with van der Waals surface area (Å²) in [6.45, 7) is 1.89. The molecular weight excluding hydrogens is 366 g/mol. The molecule has 29 heavy (non-hydrogen) atoms. The van der Waals surface area contributed by atoms with Crippen LogP contribution in [0.3, 0.4) is 0 Å². The minimum Gasteiger partial charge on any atom is -0.455 e. The summed E-state index contributed by atoms with van der Waals surface area (Å²) < 4.78 is 5.91. The molecule has 148 valence electrons. The van der Waals surface area contributed by atoms with Gasteiger partial charge < -0.3 is 20.7 Å². The molecule has 0 heterocycles. The van der Waals surface area contributed by atoms with Crippen LogP contribution >= 0.6 is 0 Å². The normalized spacial score (nSPS) is 10.1. The molecule has 6 nitrogen and oxygen atoms in total. The van der Waals surface area contributed by atoms with Crippen molar-refractivity contribution >= 4 is 28.9 Å². The number of para-hydroxylation sites is 3. The number of benzene rings is 3. The van der Waals surface area contributed by atoms with E-state index in [1.54, 1.807) is 24.3 Å². The minimum atomic E-state index is -0.158. The molecule has 3 aromatic rings. The van der Waals surface area contributed by atoms with E-state index in [1.165, 1.54) is 6.92 Å². The molecular formula is C23H23N3O3. The van der Waals surface area contributed by atoms with Crippen LogP contribution in [0.15, 0.2) is 78.9 Å². The van der Waals surface area contributed by atoms with Crippen LogP contribution in [0, 0.1) is 0 Å². The van der Waals surface area contributed by atoms with Crippen molar-refractivity contribution in [1.82, 2.24) is 0 Å². The predicted octanol–water partition coefficient (Wildman–Crippen LogP) is 4.88. The van der Waals surface area contributed by atoms with E-state index in [0.717, 1.165) is 11.4 Å². The highest BCUT2D eigenvalue weighted by Crippen LogP contribution is 2.29. The van der Waals surface area contributed by atoms with Gasteiger partial charge in [-0.1, -0.05) is 36.4 Å². The van der Waals surface area contributed by atoms with Crippen LogP contribution in [0.5, 0.6) is 11.5 Å². The quantitative estimate of drug-likeness (QED) is 0.513. The summed E-state index contributed by atoms with van der Waals surface area (Å²) in [6, 6.07) is 24.2. The Labute approximate surface area is 169 Å². The van der Waals surface area contributed by atoms with Crippen LogP contribution in [0.1, 0.15) is 13.3 Å². The highest BCUT2D eigenvalue weighted by atomic mass is 16.5. The third-order valence-electron chi connectivity index (χ3n) is 3.99. The standard InChI is InChI=1S/C23H23N3O3/c1-17(27)25-18-8-7-9-19(16-18)26-23(28)14-15-24-21-12-5-6-13-22(21)29-20-10-3-2-4-11-20/h2-13,16,24H,14-15H2,1H3,(H,25,27)(H,26,28). The smallest absolute Gasteiger partial charge is 0.226 e. The number of anilines is 3. The Morgan fingerprint density at radius 2 is 1.52 bits per heavy atom. The largest absolute Gasteiger partial charge is 0.455 e. The zero-order valence-electron chi connectivity index (χ0n) is 16.1. The van der Waals surface area contributed by atoms with Crippen LogP contribution in [0.25, 0.3) is 0 Å². The second-order valence-electron chi connectivity index (χ2n) is 6.40. The van der Waals surface area contributed by atoms with E-state index in [4.69, 9.17) is 4.74 Å². The molecule has 3 aromatic carbocycles. The van der Waals surface area contributed by atoms with Gasteiger partial charge in [-0.25, -0.2) is 0 Å². The topological polar surface area (TPSA) is 79.5 Å². The van der Waals surface area contributed by atoms with E-state index in [-0.39, 0.29) is 18.2 Å². The zero-order chi connectivity index (χ0) is 20.5. The number of hydrogen-bond acceptors (Lipinski definition) is 4. The fraction of sp³-hybridized carbons (Fsp3) is 0.130. The van der Waals surface area contributed by atoms with Gasteiger partial charge in [0.05, 0.1) is 5.69 Å². The van der Waals surface area contributed by atoms with E-state index in [2.05, 4.69) is 16.0 Å². The van der Waals surface area contributed by atoms with Crippen molar-refractivity contribution in [3.05, 3.63) is 78.9 Å². The molecule has 0 saturated carbocycles. The molecule has 0 fully saturated rings. The van der Waals surface area contributed by atoms with Crippen LogP contribution < -0.4 is 20.7 Å². The molecule has 2 amide bonds. The molecule has 0 aliphatic heterocycles. The number of hydrogen-bond donors (Lipinski definition) is 3. The van der Waals surface area contributed by atoms with Gasteiger partial charge in [0.1, 0.15) is 5.75 Å².